The molecule has 2 heteroatoms. The lowest BCUT2D eigenvalue weighted by atomic mass is 10.1. The Morgan fingerprint density at radius 2 is 1.90 bits per heavy atom. The predicted molar refractivity (Wildman–Crippen MR) is 82.6 cm³/mol. The van der Waals surface area contributed by atoms with Gasteiger partial charge in [0.25, 0.3) is 0 Å². The largest absolute Gasteiger partial charge is 0.399 e. The quantitative estimate of drug-likeness (QED) is 0.834. The van der Waals surface area contributed by atoms with Crippen LogP contribution in [0.25, 0.3) is 0 Å². The molecular formula is C18H20N2. The molecule has 0 amide bonds. The van der Waals surface area contributed by atoms with Crippen LogP contribution in [0.1, 0.15) is 41.5 Å². The van der Waals surface area contributed by atoms with Crippen LogP contribution in [0.15, 0.2) is 48.5 Å². The van der Waals surface area contributed by atoms with Crippen molar-refractivity contribution in [3.63, 3.8) is 0 Å². The standard InChI is InChI=1S/C18H20N2/c19-14-7-8-15-13(10-14)6-9-17(15)20-18-11-16(18)12-4-2-1-3-5-12/h1-5,7-8,10,16-18,20H,6,9,11,19H2. The SMILES string of the molecule is Nc1ccc2c(c1)CCC2NC1CC1c1ccccc1. The minimum atomic E-state index is 0.518. The van der Waals surface area contributed by atoms with Gasteiger partial charge in [0.05, 0.1) is 0 Å². The van der Waals surface area contributed by atoms with Gasteiger partial charge in [0, 0.05) is 23.7 Å². The summed E-state index contributed by atoms with van der Waals surface area (Å²) < 4.78 is 0. The van der Waals surface area contributed by atoms with Crippen molar-refractivity contribution in [2.24, 2.45) is 0 Å². The van der Waals surface area contributed by atoms with Gasteiger partial charge in [-0.25, -0.2) is 0 Å². The zero-order chi connectivity index (χ0) is 13.5. The Bertz CT molecular complexity index is 621. The maximum absolute atomic E-state index is 5.87. The minimum Gasteiger partial charge on any atom is -0.399 e. The lowest BCUT2D eigenvalue weighted by Gasteiger charge is -2.14. The van der Waals surface area contributed by atoms with Crippen LogP contribution in [-0.2, 0) is 6.42 Å². The molecule has 2 aliphatic rings. The van der Waals surface area contributed by atoms with Crippen molar-refractivity contribution >= 4 is 5.69 Å². The summed E-state index contributed by atoms with van der Waals surface area (Å²) in [6, 6.07) is 18.4. The van der Waals surface area contributed by atoms with Crippen LogP contribution in [-0.4, -0.2) is 6.04 Å². The maximum atomic E-state index is 5.87. The van der Waals surface area contributed by atoms with E-state index in [1.807, 2.05) is 6.07 Å². The summed E-state index contributed by atoms with van der Waals surface area (Å²) in [4.78, 5) is 0. The summed E-state index contributed by atoms with van der Waals surface area (Å²) in [6.45, 7) is 0. The van der Waals surface area contributed by atoms with E-state index in [0.29, 0.717) is 18.0 Å². The van der Waals surface area contributed by atoms with Crippen molar-refractivity contribution in [1.29, 1.82) is 0 Å². The van der Waals surface area contributed by atoms with Gasteiger partial charge in [0.15, 0.2) is 0 Å². The lowest BCUT2D eigenvalue weighted by molar-refractivity contribution is 0.521. The first-order valence-corrected chi connectivity index (χ1v) is 7.50. The first-order valence-electron chi connectivity index (χ1n) is 7.50. The van der Waals surface area contributed by atoms with Crippen molar-refractivity contribution in [1.82, 2.24) is 5.32 Å². The Morgan fingerprint density at radius 1 is 1.05 bits per heavy atom. The number of benzene rings is 2. The van der Waals surface area contributed by atoms with E-state index in [9.17, 15) is 0 Å². The smallest absolute Gasteiger partial charge is 0.0328 e. The lowest BCUT2D eigenvalue weighted by Crippen LogP contribution is -2.22. The van der Waals surface area contributed by atoms with Gasteiger partial charge >= 0.3 is 0 Å². The molecule has 4 rings (SSSR count). The number of nitrogen functional groups attached to an aromatic ring is 1. The van der Waals surface area contributed by atoms with Crippen LogP contribution in [0, 0.1) is 0 Å². The van der Waals surface area contributed by atoms with Gasteiger partial charge in [0.1, 0.15) is 0 Å². The molecule has 2 aliphatic carbocycles. The molecule has 2 aromatic carbocycles. The molecule has 3 unspecified atom stereocenters. The van der Waals surface area contributed by atoms with Crippen molar-refractivity contribution in [3.05, 3.63) is 65.2 Å². The Morgan fingerprint density at radius 3 is 2.75 bits per heavy atom. The highest BCUT2D eigenvalue weighted by atomic mass is 15.0. The molecule has 0 radical (unpaired) electrons. The zero-order valence-corrected chi connectivity index (χ0v) is 11.5. The molecule has 2 aromatic rings. The van der Waals surface area contributed by atoms with E-state index in [2.05, 4.69) is 47.8 Å². The van der Waals surface area contributed by atoms with Crippen LogP contribution in [0.4, 0.5) is 5.69 Å². The van der Waals surface area contributed by atoms with Gasteiger partial charge in [-0.15, -0.1) is 0 Å². The Kier molecular flexibility index (Phi) is 2.78. The van der Waals surface area contributed by atoms with Gasteiger partial charge in [-0.2, -0.15) is 0 Å². The number of hydrogen-bond donors (Lipinski definition) is 2. The highest BCUT2D eigenvalue weighted by Crippen LogP contribution is 2.43. The monoisotopic (exact) mass is 264 g/mol. The highest BCUT2D eigenvalue weighted by Gasteiger charge is 2.40. The maximum Gasteiger partial charge on any atom is 0.0328 e. The summed E-state index contributed by atoms with van der Waals surface area (Å²) in [7, 11) is 0. The fourth-order valence-corrected chi connectivity index (χ4v) is 3.52. The average Bonchev–Trinajstić information content (AvgIpc) is 3.13. The second-order valence-corrected chi connectivity index (χ2v) is 6.08. The van der Waals surface area contributed by atoms with E-state index >= 15 is 0 Å². The fourth-order valence-electron chi connectivity index (χ4n) is 3.52. The second-order valence-electron chi connectivity index (χ2n) is 6.08. The van der Waals surface area contributed by atoms with Crippen molar-refractivity contribution in [2.75, 3.05) is 5.73 Å². The minimum absolute atomic E-state index is 0.518. The van der Waals surface area contributed by atoms with Gasteiger partial charge in [-0.05, 0) is 48.1 Å². The number of fused-ring (bicyclic) bond motifs is 1. The Labute approximate surface area is 120 Å². The topological polar surface area (TPSA) is 38.0 Å². The van der Waals surface area contributed by atoms with Crippen LogP contribution in [0.3, 0.4) is 0 Å². The fraction of sp³-hybridized carbons (Fsp3) is 0.333. The van der Waals surface area contributed by atoms with E-state index in [1.165, 1.54) is 29.5 Å². The summed E-state index contributed by atoms with van der Waals surface area (Å²) in [5.74, 6) is 0.703. The van der Waals surface area contributed by atoms with E-state index in [4.69, 9.17) is 5.73 Å². The van der Waals surface area contributed by atoms with Crippen molar-refractivity contribution in [3.8, 4) is 0 Å². The number of nitrogens with one attached hydrogen (secondary N) is 1. The molecule has 3 atom stereocenters. The number of nitrogens with two attached hydrogens (primary N) is 1. The summed E-state index contributed by atoms with van der Waals surface area (Å²) in [6.07, 6.45) is 3.63. The van der Waals surface area contributed by atoms with E-state index in [-0.39, 0.29) is 0 Å². The van der Waals surface area contributed by atoms with Crippen LogP contribution in [0.2, 0.25) is 0 Å². The molecule has 3 N–H and O–H groups in total. The third-order valence-corrected chi connectivity index (χ3v) is 4.68. The molecule has 2 nitrogen and oxygen atoms in total. The predicted octanol–water partition coefficient (Wildman–Crippen LogP) is 3.40. The first kappa shape index (κ1) is 12.0. The van der Waals surface area contributed by atoms with Gasteiger partial charge in [0.2, 0.25) is 0 Å². The van der Waals surface area contributed by atoms with Crippen LogP contribution >= 0.6 is 0 Å². The van der Waals surface area contributed by atoms with Crippen LogP contribution < -0.4 is 11.1 Å². The van der Waals surface area contributed by atoms with E-state index in [0.717, 1.165) is 12.1 Å². The molecule has 0 bridgehead atoms. The number of hydrogen-bond acceptors (Lipinski definition) is 2. The highest BCUT2D eigenvalue weighted by molar-refractivity contribution is 5.48. The zero-order valence-electron chi connectivity index (χ0n) is 11.5. The molecule has 0 saturated heterocycles. The van der Waals surface area contributed by atoms with Crippen LogP contribution in [0.5, 0.6) is 0 Å². The Hall–Kier alpha value is -1.80. The second kappa shape index (κ2) is 4.64. The third kappa shape index (κ3) is 2.10. The van der Waals surface area contributed by atoms with Gasteiger partial charge in [-0.1, -0.05) is 36.4 Å². The van der Waals surface area contributed by atoms with E-state index in [1.54, 1.807) is 0 Å². The van der Waals surface area contributed by atoms with E-state index < -0.39 is 0 Å². The number of rotatable bonds is 3. The normalized spacial score (nSPS) is 27.3. The summed E-state index contributed by atoms with van der Waals surface area (Å²) in [5, 5.41) is 3.84. The molecule has 20 heavy (non-hydrogen) atoms. The Balaban J connectivity index is 1.46. The van der Waals surface area contributed by atoms with Crippen molar-refractivity contribution < 1.29 is 0 Å². The summed E-state index contributed by atoms with van der Waals surface area (Å²) in [5.41, 5.74) is 11.1. The summed E-state index contributed by atoms with van der Waals surface area (Å²) >= 11 is 0. The number of aryl methyl sites for hydroxylation is 1. The van der Waals surface area contributed by atoms with Gasteiger partial charge in [-0.3, -0.25) is 0 Å². The molecule has 0 heterocycles. The van der Waals surface area contributed by atoms with Crippen molar-refractivity contribution in [2.45, 2.75) is 37.3 Å². The molecule has 0 aliphatic heterocycles. The average molecular weight is 264 g/mol. The molecule has 1 fully saturated rings. The molecule has 102 valence electrons. The first-order chi connectivity index (χ1) is 9.81. The third-order valence-electron chi connectivity index (χ3n) is 4.68. The molecular weight excluding hydrogens is 244 g/mol. The number of anilines is 1. The molecule has 1 saturated carbocycles. The molecule has 0 aromatic heterocycles. The molecule has 0 spiro atoms. The van der Waals surface area contributed by atoms with Gasteiger partial charge < -0.3 is 11.1 Å².